The molecule has 3 aromatic rings. The Morgan fingerprint density at radius 1 is 1.03 bits per heavy atom. The van der Waals surface area contributed by atoms with Crippen LogP contribution >= 0.6 is 22.9 Å². The Bertz CT molecular complexity index is 2200. The number of morpholine rings is 1. The van der Waals surface area contributed by atoms with Crippen molar-refractivity contribution in [1.29, 1.82) is 0 Å². The van der Waals surface area contributed by atoms with E-state index in [0.717, 1.165) is 31.1 Å². The first-order valence-electron chi connectivity index (χ1n) is 22.3. The summed E-state index contributed by atoms with van der Waals surface area (Å²) in [7, 11) is 0. The minimum absolute atomic E-state index is 0.0295. The van der Waals surface area contributed by atoms with E-state index in [-0.39, 0.29) is 31.0 Å². The first-order valence-corrected chi connectivity index (χ1v) is 23.6. The zero-order valence-electron chi connectivity index (χ0n) is 36.9. The molecule has 0 bridgehead atoms. The van der Waals surface area contributed by atoms with Crippen LogP contribution in [0.15, 0.2) is 23.6 Å². The third-order valence-electron chi connectivity index (χ3n) is 13.1. The van der Waals surface area contributed by atoms with Gasteiger partial charge < -0.3 is 44.9 Å². The number of aromatic nitrogens is 2. The average molecular weight is 911 g/mol. The summed E-state index contributed by atoms with van der Waals surface area (Å²) in [5.41, 5.74) is -0.683. The lowest BCUT2D eigenvalue weighted by Gasteiger charge is -2.35. The van der Waals surface area contributed by atoms with Crippen molar-refractivity contribution in [1.82, 2.24) is 30.4 Å². The van der Waals surface area contributed by atoms with E-state index < -0.39 is 53.0 Å². The van der Waals surface area contributed by atoms with Gasteiger partial charge >= 0.3 is 12.1 Å². The number of hydrogen-bond donors (Lipinski definition) is 4. The molecule has 16 nitrogen and oxygen atoms in total. The summed E-state index contributed by atoms with van der Waals surface area (Å²) in [6, 6.07) is 3.38. The highest BCUT2D eigenvalue weighted by Gasteiger charge is 2.61. The molecule has 0 spiro atoms. The summed E-state index contributed by atoms with van der Waals surface area (Å²) in [5, 5.41) is 22.7. The normalized spacial score (nSPS) is 27.1. The highest BCUT2D eigenvalue weighted by atomic mass is 35.5. The van der Waals surface area contributed by atoms with Gasteiger partial charge in [0.2, 0.25) is 11.8 Å². The summed E-state index contributed by atoms with van der Waals surface area (Å²) < 4.78 is 24.3. The Kier molecular flexibility index (Phi) is 13.0. The van der Waals surface area contributed by atoms with Gasteiger partial charge in [0.05, 0.1) is 31.0 Å². The number of carbonyl (C=O) groups is 4. The van der Waals surface area contributed by atoms with Crippen LogP contribution in [0.3, 0.4) is 0 Å². The molecular formula is C45H60ClN7O9S. The minimum atomic E-state index is -1.42. The lowest BCUT2D eigenvalue weighted by atomic mass is 9.85. The first kappa shape index (κ1) is 45.1. The molecule has 1 unspecified atom stereocenters. The molecule has 342 valence electrons. The third kappa shape index (κ3) is 9.96. The van der Waals surface area contributed by atoms with Crippen molar-refractivity contribution in [3.63, 3.8) is 0 Å². The summed E-state index contributed by atoms with van der Waals surface area (Å²) in [4.78, 5) is 68.5. The van der Waals surface area contributed by atoms with Gasteiger partial charge in [-0.2, -0.15) is 0 Å². The number of benzene rings is 1. The molecule has 0 radical (unpaired) electrons. The van der Waals surface area contributed by atoms with Crippen molar-refractivity contribution in [3.05, 3.63) is 28.6 Å². The number of rotatable bonds is 16. The first-order chi connectivity index (χ1) is 30.0. The van der Waals surface area contributed by atoms with Gasteiger partial charge in [0.25, 0.3) is 0 Å². The van der Waals surface area contributed by atoms with Crippen LogP contribution in [-0.2, 0) is 23.9 Å². The van der Waals surface area contributed by atoms with Crippen LogP contribution in [0.2, 0.25) is 5.02 Å². The van der Waals surface area contributed by atoms with Crippen LogP contribution in [0, 0.1) is 23.2 Å². The summed E-state index contributed by atoms with van der Waals surface area (Å²) in [6.07, 6.45) is 2.11. The highest BCUT2D eigenvalue weighted by Crippen LogP contribution is 2.52. The van der Waals surface area contributed by atoms with Gasteiger partial charge in [-0.15, -0.1) is 11.3 Å². The van der Waals surface area contributed by atoms with Gasteiger partial charge in [-0.25, -0.2) is 19.6 Å². The smallest absolute Gasteiger partial charge is 0.408 e. The summed E-state index contributed by atoms with van der Waals surface area (Å²) >= 11 is 8.55. The maximum atomic E-state index is 14.8. The number of anilines is 1. The SMILES string of the molecule is CC[C@@H]1C[C@]1(NC(=O)C1C[C@@H](Oc2cc(-c3csc(NC(C)C)n3)nc3c(Cl)c(OCCN4CCOCC4)ccc23)CN1C(=O)[C@@H](NC(=O)O[C@@H]1C[C@@H]2C[C@@H]2C1)C(C)(C)C)C(=O)O. The number of halogens is 1. The second kappa shape index (κ2) is 18.2. The molecule has 3 amide bonds. The number of hydrogen-bond acceptors (Lipinski definition) is 13. The molecule has 3 saturated carbocycles. The van der Waals surface area contributed by atoms with Gasteiger partial charge in [0.15, 0.2) is 5.13 Å². The monoisotopic (exact) mass is 909 g/mol. The molecule has 4 heterocycles. The fourth-order valence-electron chi connectivity index (χ4n) is 9.38. The maximum Gasteiger partial charge on any atom is 0.408 e. The molecule has 1 aromatic carbocycles. The molecular weight excluding hydrogens is 850 g/mol. The Balaban J connectivity index is 1.09. The lowest BCUT2D eigenvalue weighted by molar-refractivity contribution is -0.146. The van der Waals surface area contributed by atoms with E-state index in [1.54, 1.807) is 12.1 Å². The number of alkyl carbamates (subject to hydrolysis) is 1. The number of thiazole rings is 1. The van der Waals surface area contributed by atoms with E-state index in [2.05, 4.69) is 20.9 Å². The Labute approximate surface area is 377 Å². The summed E-state index contributed by atoms with van der Waals surface area (Å²) in [6.45, 7) is 15.6. The minimum Gasteiger partial charge on any atom is -0.491 e. The van der Waals surface area contributed by atoms with Crippen molar-refractivity contribution in [2.45, 2.75) is 116 Å². The molecule has 5 aliphatic rings. The predicted molar refractivity (Wildman–Crippen MR) is 238 cm³/mol. The molecule has 3 aliphatic carbocycles. The lowest BCUT2D eigenvalue weighted by Crippen LogP contribution is -2.59. The Morgan fingerprint density at radius 2 is 1.78 bits per heavy atom. The number of pyridine rings is 1. The van der Waals surface area contributed by atoms with Gasteiger partial charge in [-0.1, -0.05) is 45.7 Å². The molecule has 18 heteroatoms. The topological polar surface area (TPSA) is 194 Å². The number of carboxylic acid groups (broad SMARTS) is 1. The number of nitrogens with one attached hydrogen (secondary N) is 3. The highest BCUT2D eigenvalue weighted by molar-refractivity contribution is 7.14. The van der Waals surface area contributed by atoms with E-state index in [1.807, 2.05) is 53.0 Å². The number of fused-ring (bicyclic) bond motifs is 2. The Hall–Kier alpha value is -4.45. The van der Waals surface area contributed by atoms with Crippen molar-refractivity contribution >= 4 is 62.8 Å². The van der Waals surface area contributed by atoms with Crippen molar-refractivity contribution < 1.29 is 43.2 Å². The fourth-order valence-corrected chi connectivity index (χ4v) is 10.5. The van der Waals surface area contributed by atoms with Crippen LogP contribution in [-0.4, -0.2) is 131 Å². The average Bonchev–Trinajstić information content (AvgIpc) is 3.91. The van der Waals surface area contributed by atoms with E-state index in [0.29, 0.717) is 89.9 Å². The van der Waals surface area contributed by atoms with Crippen LogP contribution in [0.25, 0.3) is 22.3 Å². The molecule has 2 aromatic heterocycles. The number of carboxylic acids is 1. The van der Waals surface area contributed by atoms with Crippen LogP contribution in [0.4, 0.5) is 9.93 Å². The third-order valence-corrected chi connectivity index (χ3v) is 14.2. The standard InChI is InChI=1S/C45H60ClN7O9S/c1-7-27-21-45(27,41(56)57)51-39(54)33-19-29(22-53(33)40(55)38(44(4,5)6)50-43(58)62-28-17-25-16-26(25)18-28)61-35-20-31(32-23-63-42(49-32)47-24(2)3)48-37-30(35)8-9-34(36(37)46)60-15-12-52-10-13-59-14-11-52/h8-9,20,23-29,33,38H,7,10-19,21-22H2,1-6H3,(H,47,49)(H,50,58)(H,51,54)(H,56,57)/t25-,26+,27-,28+,29-,33?,38-,45-/m1/s1. The quantitative estimate of drug-likeness (QED) is 0.127. The van der Waals surface area contributed by atoms with E-state index >= 15 is 0 Å². The number of carbonyl (C=O) groups excluding carboxylic acids is 3. The fraction of sp³-hybridized carbons (Fsp3) is 0.644. The summed E-state index contributed by atoms with van der Waals surface area (Å²) in [5.74, 6) is -0.376. The zero-order valence-corrected chi connectivity index (χ0v) is 38.5. The molecule has 2 saturated heterocycles. The molecule has 5 fully saturated rings. The van der Waals surface area contributed by atoms with Gasteiger partial charge in [0.1, 0.15) is 58.7 Å². The largest absolute Gasteiger partial charge is 0.491 e. The second-order valence-electron chi connectivity index (χ2n) is 19.2. The molecule has 4 N–H and O–H groups in total. The number of aliphatic carboxylic acids is 1. The molecule has 63 heavy (non-hydrogen) atoms. The number of nitrogens with zero attached hydrogens (tertiary/aromatic N) is 4. The van der Waals surface area contributed by atoms with Crippen LogP contribution in [0.1, 0.15) is 80.1 Å². The predicted octanol–water partition coefficient (Wildman–Crippen LogP) is 6.20. The van der Waals surface area contributed by atoms with Crippen molar-refractivity contribution in [3.8, 4) is 22.9 Å². The zero-order chi connectivity index (χ0) is 44.8. The van der Waals surface area contributed by atoms with Crippen molar-refractivity contribution in [2.75, 3.05) is 51.3 Å². The van der Waals surface area contributed by atoms with Gasteiger partial charge in [-0.05, 0) is 74.8 Å². The van der Waals surface area contributed by atoms with E-state index in [1.165, 1.54) is 22.7 Å². The molecule has 8 rings (SSSR count). The molecule has 8 atom stereocenters. The van der Waals surface area contributed by atoms with Crippen molar-refractivity contribution in [2.24, 2.45) is 23.2 Å². The maximum absolute atomic E-state index is 14.8. The number of likely N-dealkylation sites (tertiary alicyclic amines) is 1. The number of ether oxygens (including phenoxy) is 4. The van der Waals surface area contributed by atoms with E-state index in [4.69, 9.17) is 40.5 Å². The molecule has 2 aliphatic heterocycles. The number of amides is 3. The van der Waals surface area contributed by atoms with Crippen LogP contribution in [0.5, 0.6) is 11.5 Å². The van der Waals surface area contributed by atoms with Gasteiger partial charge in [0, 0.05) is 48.9 Å². The Morgan fingerprint density at radius 3 is 2.44 bits per heavy atom. The van der Waals surface area contributed by atoms with Crippen LogP contribution < -0.4 is 25.4 Å². The van der Waals surface area contributed by atoms with Gasteiger partial charge in [-0.3, -0.25) is 14.5 Å². The second-order valence-corrected chi connectivity index (χ2v) is 20.4. The van der Waals surface area contributed by atoms with E-state index in [9.17, 15) is 24.3 Å².